The first-order valence-electron chi connectivity index (χ1n) is 8.83. The van der Waals surface area contributed by atoms with Crippen LogP contribution in [0, 0.1) is 0 Å². The highest BCUT2D eigenvalue weighted by molar-refractivity contribution is 5.97. The lowest BCUT2D eigenvalue weighted by atomic mass is 10.1. The third kappa shape index (κ3) is 4.07. The molecule has 1 aromatic heterocycles. The number of urea groups is 1. The second kappa shape index (κ2) is 7.96. The Kier molecular flexibility index (Phi) is 5.47. The minimum atomic E-state index is -0.176. The van der Waals surface area contributed by atoms with E-state index in [1.165, 1.54) is 0 Å². The molecular weight excluding hydrogens is 320 g/mol. The summed E-state index contributed by atoms with van der Waals surface area (Å²) < 4.78 is 1.74. The quantitative estimate of drug-likeness (QED) is 0.828. The first kappa shape index (κ1) is 17.2. The molecule has 1 fully saturated rings. The van der Waals surface area contributed by atoms with Gasteiger partial charge in [0, 0.05) is 31.7 Å². The maximum atomic E-state index is 12.4. The third-order valence-corrected chi connectivity index (χ3v) is 4.30. The van der Waals surface area contributed by atoms with Crippen molar-refractivity contribution in [3.63, 3.8) is 0 Å². The van der Waals surface area contributed by atoms with E-state index >= 15 is 0 Å². The summed E-state index contributed by atoms with van der Waals surface area (Å²) in [5.41, 5.74) is 2.20. The van der Waals surface area contributed by atoms with E-state index in [-0.39, 0.29) is 11.9 Å². The van der Waals surface area contributed by atoms with E-state index in [0.29, 0.717) is 30.7 Å². The molecule has 3 amide bonds. The number of likely N-dealkylation sites (tertiary alicyclic amines) is 1. The summed E-state index contributed by atoms with van der Waals surface area (Å²) in [7, 11) is 0. The van der Waals surface area contributed by atoms with E-state index in [0.717, 1.165) is 37.9 Å². The topological polar surface area (TPSA) is 92.1 Å². The highest BCUT2D eigenvalue weighted by Crippen LogP contribution is 2.17. The minimum Gasteiger partial charge on any atom is -0.339 e. The highest BCUT2D eigenvalue weighted by Gasteiger charge is 2.20. The Morgan fingerprint density at radius 3 is 2.68 bits per heavy atom. The van der Waals surface area contributed by atoms with Gasteiger partial charge in [-0.2, -0.15) is 0 Å². The third-order valence-electron chi connectivity index (χ3n) is 4.30. The van der Waals surface area contributed by atoms with Crippen LogP contribution in [0.5, 0.6) is 0 Å². The molecular formula is C17H24N6O2. The van der Waals surface area contributed by atoms with Gasteiger partial charge in [0.25, 0.3) is 5.91 Å². The van der Waals surface area contributed by atoms with Crippen LogP contribution in [0.3, 0.4) is 0 Å². The van der Waals surface area contributed by atoms with Gasteiger partial charge in [0.15, 0.2) is 0 Å². The summed E-state index contributed by atoms with van der Waals surface area (Å²) >= 11 is 0. The van der Waals surface area contributed by atoms with Crippen molar-refractivity contribution >= 4 is 23.0 Å². The lowest BCUT2D eigenvalue weighted by molar-refractivity contribution is 0.0793. The molecule has 25 heavy (non-hydrogen) atoms. The first-order chi connectivity index (χ1) is 12.2. The smallest absolute Gasteiger partial charge is 0.314 e. The first-order valence-corrected chi connectivity index (χ1v) is 8.83. The monoisotopic (exact) mass is 344 g/mol. The van der Waals surface area contributed by atoms with Crippen molar-refractivity contribution in [2.45, 2.75) is 32.7 Å². The summed E-state index contributed by atoms with van der Waals surface area (Å²) in [6, 6.07) is 5.31. The predicted molar refractivity (Wildman–Crippen MR) is 94.4 cm³/mol. The van der Waals surface area contributed by atoms with Crippen molar-refractivity contribution in [3.05, 3.63) is 23.8 Å². The molecule has 0 saturated carbocycles. The van der Waals surface area contributed by atoms with E-state index in [1.54, 1.807) is 10.7 Å². The summed E-state index contributed by atoms with van der Waals surface area (Å²) in [5, 5.41) is 13.8. The van der Waals surface area contributed by atoms with Gasteiger partial charge in [-0.15, -0.1) is 5.10 Å². The molecule has 0 unspecified atom stereocenters. The number of aromatic nitrogens is 3. The van der Waals surface area contributed by atoms with Crippen LogP contribution in [-0.4, -0.2) is 58.0 Å². The van der Waals surface area contributed by atoms with Gasteiger partial charge >= 0.3 is 6.03 Å². The van der Waals surface area contributed by atoms with E-state index < -0.39 is 0 Å². The number of carbonyl (C=O) groups is 2. The summed E-state index contributed by atoms with van der Waals surface area (Å²) in [5.74, 6) is 0.0585. The Morgan fingerprint density at radius 2 is 1.92 bits per heavy atom. The van der Waals surface area contributed by atoms with E-state index in [9.17, 15) is 9.59 Å². The van der Waals surface area contributed by atoms with Crippen molar-refractivity contribution in [1.29, 1.82) is 0 Å². The number of benzene rings is 1. The van der Waals surface area contributed by atoms with Crippen LogP contribution in [0.25, 0.3) is 11.0 Å². The van der Waals surface area contributed by atoms with Crippen molar-refractivity contribution in [3.8, 4) is 0 Å². The van der Waals surface area contributed by atoms with Gasteiger partial charge in [-0.25, -0.2) is 9.48 Å². The van der Waals surface area contributed by atoms with Gasteiger partial charge in [-0.3, -0.25) is 4.79 Å². The Labute approximate surface area is 146 Å². The van der Waals surface area contributed by atoms with Gasteiger partial charge in [0.1, 0.15) is 5.52 Å². The van der Waals surface area contributed by atoms with Gasteiger partial charge in [0.2, 0.25) is 0 Å². The maximum absolute atomic E-state index is 12.4. The molecule has 3 rings (SSSR count). The molecule has 0 spiro atoms. The van der Waals surface area contributed by atoms with E-state index in [2.05, 4.69) is 20.9 Å². The zero-order chi connectivity index (χ0) is 17.6. The zero-order valence-corrected chi connectivity index (χ0v) is 14.5. The van der Waals surface area contributed by atoms with Crippen LogP contribution >= 0.6 is 0 Å². The average molecular weight is 344 g/mol. The molecule has 2 aromatic rings. The summed E-state index contributed by atoms with van der Waals surface area (Å²) in [6.45, 7) is 5.30. The lowest BCUT2D eigenvalue weighted by Crippen LogP contribution is -2.37. The maximum Gasteiger partial charge on any atom is 0.314 e. The van der Waals surface area contributed by atoms with Crippen molar-refractivity contribution in [2.24, 2.45) is 0 Å². The second-order valence-electron chi connectivity index (χ2n) is 6.20. The van der Waals surface area contributed by atoms with Crippen LogP contribution in [0.4, 0.5) is 4.79 Å². The molecule has 8 heteroatoms. The Bertz CT molecular complexity index is 751. The van der Waals surface area contributed by atoms with Crippen LogP contribution in [0.2, 0.25) is 0 Å². The lowest BCUT2D eigenvalue weighted by Gasteiger charge is -2.14. The van der Waals surface area contributed by atoms with Crippen molar-refractivity contribution in [1.82, 2.24) is 30.5 Å². The Hall–Kier alpha value is -2.64. The van der Waals surface area contributed by atoms with Crippen molar-refractivity contribution in [2.75, 3.05) is 26.2 Å². The number of carbonyl (C=O) groups excluding carboxylic acids is 2. The fourth-order valence-electron chi connectivity index (χ4n) is 2.95. The van der Waals surface area contributed by atoms with Crippen LogP contribution in [-0.2, 0) is 6.54 Å². The molecule has 0 bridgehead atoms. The molecule has 8 nitrogen and oxygen atoms in total. The number of fused-ring (bicyclic) bond motifs is 1. The molecule has 1 aliphatic heterocycles. The fraction of sp³-hybridized carbons (Fsp3) is 0.529. The van der Waals surface area contributed by atoms with Crippen LogP contribution in [0.1, 0.15) is 36.5 Å². The number of rotatable bonds is 6. The largest absolute Gasteiger partial charge is 0.339 e. The average Bonchev–Trinajstić information content (AvgIpc) is 3.29. The van der Waals surface area contributed by atoms with Gasteiger partial charge in [0.05, 0.1) is 12.1 Å². The second-order valence-corrected chi connectivity index (χ2v) is 6.20. The SMILES string of the molecule is CCCNC(=O)NCCn1nnc2cc(C(=O)N3CCCC3)ccc21. The van der Waals surface area contributed by atoms with Gasteiger partial charge in [-0.05, 0) is 37.5 Å². The number of hydrogen-bond acceptors (Lipinski definition) is 4. The molecule has 1 aliphatic rings. The number of hydrogen-bond donors (Lipinski definition) is 2. The zero-order valence-electron chi connectivity index (χ0n) is 14.5. The molecule has 0 radical (unpaired) electrons. The molecule has 1 aromatic carbocycles. The van der Waals surface area contributed by atoms with E-state index in [1.807, 2.05) is 24.0 Å². The minimum absolute atomic E-state index is 0.0585. The summed E-state index contributed by atoms with van der Waals surface area (Å²) in [4.78, 5) is 25.9. The van der Waals surface area contributed by atoms with Gasteiger partial charge < -0.3 is 15.5 Å². The molecule has 2 N–H and O–H groups in total. The fourth-order valence-corrected chi connectivity index (χ4v) is 2.95. The molecule has 1 saturated heterocycles. The Morgan fingerprint density at radius 1 is 1.16 bits per heavy atom. The predicted octanol–water partition coefficient (Wildman–Crippen LogP) is 1.38. The summed E-state index contributed by atoms with van der Waals surface area (Å²) in [6.07, 6.45) is 3.05. The van der Waals surface area contributed by atoms with Crippen LogP contribution in [0.15, 0.2) is 18.2 Å². The highest BCUT2D eigenvalue weighted by atomic mass is 16.2. The molecule has 0 aliphatic carbocycles. The van der Waals surface area contributed by atoms with Gasteiger partial charge in [-0.1, -0.05) is 12.1 Å². The van der Waals surface area contributed by atoms with E-state index in [4.69, 9.17) is 0 Å². The number of nitrogens with one attached hydrogen (secondary N) is 2. The van der Waals surface area contributed by atoms with Crippen molar-refractivity contribution < 1.29 is 9.59 Å². The number of nitrogens with zero attached hydrogens (tertiary/aromatic N) is 4. The van der Waals surface area contributed by atoms with Crippen LogP contribution < -0.4 is 10.6 Å². The molecule has 2 heterocycles. The molecule has 134 valence electrons. The number of amides is 3. The standard InChI is InChI=1S/C17H24N6O2/c1-2-7-18-17(25)19-8-11-23-15-6-5-13(12-14(15)20-21-23)16(24)22-9-3-4-10-22/h5-6,12H,2-4,7-11H2,1H3,(H2,18,19,25). The Balaban J connectivity index is 1.62. The molecule has 0 atom stereocenters. The normalized spacial score (nSPS) is 14.0.